The number of nitrogens with one attached hydrogen (secondary N) is 1. The molecule has 0 aromatic carbocycles. The molecule has 124 valence electrons. The highest BCUT2D eigenvalue weighted by molar-refractivity contribution is 9.11. The number of hydrogen-bond acceptors (Lipinski definition) is 6. The van der Waals surface area contributed by atoms with Crippen LogP contribution >= 0.6 is 15.9 Å². The first kappa shape index (κ1) is 15.4. The lowest BCUT2D eigenvalue weighted by Crippen LogP contribution is -2.54. The van der Waals surface area contributed by atoms with Crippen molar-refractivity contribution < 1.29 is 14.3 Å². The molecule has 5 aliphatic rings. The minimum atomic E-state index is -0.570. The van der Waals surface area contributed by atoms with Gasteiger partial charge in [0.1, 0.15) is 23.5 Å². The van der Waals surface area contributed by atoms with Gasteiger partial charge in [-0.15, -0.1) is 0 Å². The van der Waals surface area contributed by atoms with Gasteiger partial charge in [-0.2, -0.15) is 0 Å². The fraction of sp³-hybridized carbons (Fsp3) is 0.625. The molecule has 1 saturated carbocycles. The van der Waals surface area contributed by atoms with Crippen molar-refractivity contribution >= 4 is 27.7 Å². The average molecular weight is 382 g/mol. The van der Waals surface area contributed by atoms with E-state index in [0.29, 0.717) is 0 Å². The number of nitrogens with zero attached hydrogens (tertiary/aromatic N) is 2. The van der Waals surface area contributed by atoms with E-state index in [1.165, 1.54) is 7.11 Å². The Labute approximate surface area is 143 Å². The molecule has 3 fully saturated rings. The molecule has 4 heterocycles. The van der Waals surface area contributed by atoms with Crippen LogP contribution in [0.3, 0.4) is 0 Å². The predicted octanol–water partition coefficient (Wildman–Crippen LogP) is 2.23. The second kappa shape index (κ2) is 4.91. The lowest BCUT2D eigenvalue weighted by molar-refractivity contribution is -0.159. The van der Waals surface area contributed by atoms with Crippen LogP contribution in [0.5, 0.6) is 0 Å². The largest absolute Gasteiger partial charge is 0.469 e. The van der Waals surface area contributed by atoms with Gasteiger partial charge in [0.2, 0.25) is 0 Å². The Balaban J connectivity index is 1.64. The van der Waals surface area contributed by atoms with Crippen LogP contribution in [0.1, 0.15) is 33.1 Å². The second-order valence-electron chi connectivity index (χ2n) is 6.81. The van der Waals surface area contributed by atoms with Gasteiger partial charge in [0.15, 0.2) is 0 Å². The van der Waals surface area contributed by atoms with Gasteiger partial charge in [0.25, 0.3) is 0 Å². The van der Waals surface area contributed by atoms with Crippen LogP contribution in [-0.2, 0) is 14.3 Å². The summed E-state index contributed by atoms with van der Waals surface area (Å²) >= 11 is 3.50. The maximum Gasteiger partial charge on any atom is 0.314 e. The van der Waals surface area contributed by atoms with Gasteiger partial charge in [-0.3, -0.25) is 9.80 Å². The summed E-state index contributed by atoms with van der Waals surface area (Å²) in [7, 11) is 1.45. The molecule has 7 heteroatoms. The Kier molecular flexibility index (Phi) is 3.28. The molecule has 2 saturated heterocycles. The Morgan fingerprint density at radius 1 is 1.61 bits per heavy atom. The molecule has 5 rings (SSSR count). The third kappa shape index (κ3) is 1.99. The lowest BCUT2D eigenvalue weighted by Gasteiger charge is -2.42. The van der Waals surface area contributed by atoms with Gasteiger partial charge in [-0.25, -0.2) is 10.4 Å². The number of allylic oxidation sites excluding steroid dienone is 2. The molecule has 1 aliphatic carbocycles. The number of aliphatic imine (C=N–C) groups is 1. The number of esters is 1. The predicted molar refractivity (Wildman–Crippen MR) is 88.5 cm³/mol. The minimum Gasteiger partial charge on any atom is -0.469 e. The van der Waals surface area contributed by atoms with Crippen molar-refractivity contribution in [2.75, 3.05) is 7.11 Å². The van der Waals surface area contributed by atoms with Gasteiger partial charge in [0, 0.05) is 10.7 Å². The van der Waals surface area contributed by atoms with Crippen molar-refractivity contribution in [2.45, 2.75) is 51.0 Å². The molecule has 6 nitrogen and oxygen atoms in total. The Hall–Kier alpha value is -1.18. The molecule has 1 N–H and O–H groups in total. The van der Waals surface area contributed by atoms with Crippen LogP contribution in [0.2, 0.25) is 0 Å². The zero-order valence-corrected chi connectivity index (χ0v) is 15.0. The fourth-order valence-corrected chi connectivity index (χ4v) is 4.86. The van der Waals surface area contributed by atoms with Gasteiger partial charge >= 0.3 is 5.97 Å². The molecule has 4 aliphatic heterocycles. The quantitative estimate of drug-likeness (QED) is 0.759. The molecule has 2 atom stereocenters. The summed E-state index contributed by atoms with van der Waals surface area (Å²) in [4.78, 5) is 17.2. The number of fused-ring (bicyclic) bond motifs is 2. The van der Waals surface area contributed by atoms with Crippen molar-refractivity contribution in [3.05, 3.63) is 22.3 Å². The summed E-state index contributed by atoms with van der Waals surface area (Å²) in [6.07, 6.45) is 5.74. The van der Waals surface area contributed by atoms with Crippen molar-refractivity contribution in [1.29, 1.82) is 0 Å². The number of hydrogen-bond donors (Lipinski definition) is 1. The van der Waals surface area contributed by atoms with Crippen LogP contribution < -0.4 is 5.43 Å². The van der Waals surface area contributed by atoms with E-state index in [2.05, 4.69) is 28.3 Å². The summed E-state index contributed by atoms with van der Waals surface area (Å²) in [5, 5.41) is 1.90. The van der Waals surface area contributed by atoms with E-state index in [1.807, 2.05) is 24.2 Å². The normalized spacial score (nSPS) is 40.9. The summed E-state index contributed by atoms with van der Waals surface area (Å²) < 4.78 is 12.4. The molecule has 2 unspecified atom stereocenters. The SMILES string of the molecule is CCC12CC(C(=O)OC)(C1)C(C1N=C3C(C)=CC(Br)=CN3N1)O2. The Morgan fingerprint density at radius 3 is 3.00 bits per heavy atom. The molecule has 0 radical (unpaired) electrons. The topological polar surface area (TPSA) is 63.2 Å². The number of hydrazine groups is 1. The molecule has 2 bridgehead atoms. The molecule has 0 spiro atoms. The second-order valence-corrected chi connectivity index (χ2v) is 7.73. The highest BCUT2D eigenvalue weighted by atomic mass is 79.9. The highest BCUT2D eigenvalue weighted by Crippen LogP contribution is 2.64. The van der Waals surface area contributed by atoms with E-state index in [4.69, 9.17) is 14.5 Å². The van der Waals surface area contributed by atoms with Crippen LogP contribution in [0.15, 0.2) is 27.3 Å². The lowest BCUT2D eigenvalue weighted by atomic mass is 9.59. The van der Waals surface area contributed by atoms with Crippen molar-refractivity contribution in [3.63, 3.8) is 0 Å². The van der Waals surface area contributed by atoms with Crippen LogP contribution in [0, 0.1) is 5.41 Å². The zero-order valence-electron chi connectivity index (χ0n) is 13.4. The summed E-state index contributed by atoms with van der Waals surface area (Å²) in [6.45, 7) is 4.12. The molecular weight excluding hydrogens is 362 g/mol. The van der Waals surface area contributed by atoms with Gasteiger partial charge in [-0.05, 0) is 53.8 Å². The van der Waals surface area contributed by atoms with E-state index in [1.54, 1.807) is 0 Å². The first-order valence-electron chi connectivity index (χ1n) is 7.88. The van der Waals surface area contributed by atoms with Crippen LogP contribution in [0.25, 0.3) is 0 Å². The number of carbonyl (C=O) groups is 1. The number of ether oxygens (including phenoxy) is 2. The third-order valence-electron chi connectivity index (χ3n) is 5.44. The number of methoxy groups -OCH3 is 1. The number of amidine groups is 1. The molecule has 0 aromatic rings. The van der Waals surface area contributed by atoms with E-state index >= 15 is 0 Å². The fourth-order valence-electron chi connectivity index (χ4n) is 4.31. The standard InChI is InChI=1S/C16H20BrN3O3/c1-4-15-7-16(8-15,14(21)22-3)11(23-15)12-18-13-9(2)5-10(17)6-20(13)19-12/h5-6,11-12,19H,4,7-8H2,1-3H3. The van der Waals surface area contributed by atoms with E-state index in [0.717, 1.165) is 35.2 Å². The monoisotopic (exact) mass is 381 g/mol. The minimum absolute atomic E-state index is 0.181. The van der Waals surface area contributed by atoms with E-state index in [-0.39, 0.29) is 23.8 Å². The Bertz CT molecular complexity index is 663. The molecular formula is C16H20BrN3O3. The zero-order chi connectivity index (χ0) is 16.4. The van der Waals surface area contributed by atoms with Crippen molar-refractivity contribution in [1.82, 2.24) is 10.4 Å². The summed E-state index contributed by atoms with van der Waals surface area (Å²) in [5.74, 6) is 0.691. The van der Waals surface area contributed by atoms with Crippen molar-refractivity contribution in [3.8, 4) is 0 Å². The third-order valence-corrected chi connectivity index (χ3v) is 5.87. The first-order valence-corrected chi connectivity index (χ1v) is 8.68. The van der Waals surface area contributed by atoms with Crippen LogP contribution in [-0.4, -0.2) is 41.8 Å². The Morgan fingerprint density at radius 2 is 2.35 bits per heavy atom. The maximum absolute atomic E-state index is 12.4. The van der Waals surface area contributed by atoms with Gasteiger partial charge in [0.05, 0.1) is 12.7 Å². The number of carbonyl (C=O) groups excluding carboxylic acids is 1. The number of rotatable bonds is 3. The van der Waals surface area contributed by atoms with Gasteiger partial charge < -0.3 is 9.47 Å². The molecule has 23 heavy (non-hydrogen) atoms. The molecule has 0 aromatic heterocycles. The van der Waals surface area contributed by atoms with Gasteiger partial charge in [-0.1, -0.05) is 6.92 Å². The van der Waals surface area contributed by atoms with E-state index < -0.39 is 5.41 Å². The smallest absolute Gasteiger partial charge is 0.314 e. The van der Waals surface area contributed by atoms with Crippen molar-refractivity contribution in [2.24, 2.45) is 10.4 Å². The first-order chi connectivity index (χ1) is 10.9. The molecule has 0 amide bonds. The average Bonchev–Trinajstić information content (AvgIpc) is 3.13. The van der Waals surface area contributed by atoms with Crippen LogP contribution in [0.4, 0.5) is 0 Å². The maximum atomic E-state index is 12.4. The summed E-state index contributed by atoms with van der Waals surface area (Å²) in [6, 6.07) is 0. The summed E-state index contributed by atoms with van der Waals surface area (Å²) in [5.41, 5.74) is 3.65. The highest BCUT2D eigenvalue weighted by Gasteiger charge is 2.73. The van der Waals surface area contributed by atoms with E-state index in [9.17, 15) is 4.79 Å². The number of halogens is 1.